The van der Waals surface area contributed by atoms with Crippen LogP contribution in [0.4, 0.5) is 0 Å². The molecule has 0 fully saturated rings. The van der Waals surface area contributed by atoms with Crippen LogP contribution in [0.2, 0.25) is 0 Å². The topological polar surface area (TPSA) is 20.2 Å². The molecule has 0 unspecified atom stereocenters. The highest BCUT2D eigenvalue weighted by Crippen LogP contribution is 1.94. The third-order valence-electron chi connectivity index (χ3n) is 1.27. The minimum absolute atomic E-state index is 0.0648. The Kier molecular flexibility index (Phi) is 8.75. The molecule has 0 aliphatic rings. The molecule has 0 aromatic rings. The van der Waals surface area contributed by atoms with E-state index in [2.05, 4.69) is 19.7 Å². The number of aliphatic hydroxyl groups excluding tert-OH is 1. The van der Waals surface area contributed by atoms with Crippen molar-refractivity contribution in [2.45, 2.75) is 20.8 Å². The van der Waals surface area contributed by atoms with Gasteiger partial charge >= 0.3 is 0 Å². The van der Waals surface area contributed by atoms with E-state index in [1.807, 2.05) is 26.0 Å². The van der Waals surface area contributed by atoms with Gasteiger partial charge in [-0.1, -0.05) is 37.5 Å². The molecule has 0 bridgehead atoms. The smallest absolute Gasteiger partial charge is 0.110 e. The molecule has 0 heterocycles. The molecule has 1 nitrogen and oxygen atoms in total. The highest BCUT2D eigenvalue weighted by molar-refractivity contribution is 5.13. The van der Waals surface area contributed by atoms with Crippen LogP contribution >= 0.6 is 0 Å². The van der Waals surface area contributed by atoms with Crippen LogP contribution in [0.5, 0.6) is 0 Å². The van der Waals surface area contributed by atoms with Crippen molar-refractivity contribution in [3.05, 3.63) is 48.8 Å². The molecule has 68 valence electrons. The molecule has 0 saturated heterocycles. The summed E-state index contributed by atoms with van der Waals surface area (Å²) in [7, 11) is 0. The van der Waals surface area contributed by atoms with E-state index < -0.39 is 0 Å². The van der Waals surface area contributed by atoms with Crippen LogP contribution in [-0.4, -0.2) is 5.11 Å². The highest BCUT2D eigenvalue weighted by atomic mass is 16.3. The van der Waals surface area contributed by atoms with Crippen molar-refractivity contribution in [2.75, 3.05) is 0 Å². The normalized spacial score (nSPS) is 9.42. The Morgan fingerprint density at radius 2 is 1.58 bits per heavy atom. The first-order chi connectivity index (χ1) is 5.45. The van der Waals surface area contributed by atoms with E-state index in [1.54, 1.807) is 6.92 Å². The number of hydrogen-bond acceptors (Lipinski definition) is 1. The number of hydrogen-bond donors (Lipinski definition) is 1. The van der Waals surface area contributed by atoms with Crippen LogP contribution in [0.25, 0.3) is 0 Å². The molecule has 12 heavy (non-hydrogen) atoms. The number of allylic oxidation sites excluding steroid dienone is 4. The zero-order valence-corrected chi connectivity index (χ0v) is 8.22. The Hall–Kier alpha value is -1.24. The van der Waals surface area contributed by atoms with Crippen LogP contribution in [0.15, 0.2) is 48.8 Å². The molecule has 0 aromatic carbocycles. The van der Waals surface area contributed by atoms with Gasteiger partial charge in [0.25, 0.3) is 0 Å². The maximum absolute atomic E-state index is 8.34. The van der Waals surface area contributed by atoms with Gasteiger partial charge in [0.05, 0.1) is 0 Å². The minimum Gasteiger partial charge on any atom is -0.508 e. The van der Waals surface area contributed by atoms with Gasteiger partial charge in [-0.3, -0.25) is 0 Å². The van der Waals surface area contributed by atoms with E-state index >= 15 is 0 Å². The summed E-state index contributed by atoms with van der Waals surface area (Å²) in [6.07, 6.45) is 3.85. The van der Waals surface area contributed by atoms with Crippen molar-refractivity contribution in [3.63, 3.8) is 0 Å². The Balaban J connectivity index is 0. The van der Waals surface area contributed by atoms with E-state index in [0.29, 0.717) is 5.57 Å². The zero-order chi connectivity index (χ0) is 10.1. The lowest BCUT2D eigenvalue weighted by atomic mass is 10.3. The SMILES string of the molecule is C=C(C)C(=C)O.C=C/C(C)=C/C. The van der Waals surface area contributed by atoms with Crippen molar-refractivity contribution < 1.29 is 5.11 Å². The van der Waals surface area contributed by atoms with E-state index in [9.17, 15) is 0 Å². The molecular weight excluding hydrogens is 148 g/mol. The summed E-state index contributed by atoms with van der Waals surface area (Å²) in [5, 5.41) is 8.34. The summed E-state index contributed by atoms with van der Waals surface area (Å²) in [6.45, 7) is 15.9. The average molecular weight is 166 g/mol. The average Bonchev–Trinajstić information content (AvgIpc) is 2.04. The largest absolute Gasteiger partial charge is 0.508 e. The first-order valence-corrected chi connectivity index (χ1v) is 3.74. The van der Waals surface area contributed by atoms with Gasteiger partial charge in [0, 0.05) is 0 Å². The van der Waals surface area contributed by atoms with Crippen molar-refractivity contribution in [1.29, 1.82) is 0 Å². The second-order valence-electron chi connectivity index (χ2n) is 2.46. The molecule has 0 rings (SSSR count). The van der Waals surface area contributed by atoms with Crippen LogP contribution in [0.1, 0.15) is 20.8 Å². The van der Waals surface area contributed by atoms with Gasteiger partial charge in [-0.2, -0.15) is 0 Å². The molecule has 0 radical (unpaired) electrons. The maximum Gasteiger partial charge on any atom is 0.110 e. The summed E-state index contributed by atoms with van der Waals surface area (Å²) < 4.78 is 0. The second kappa shape index (κ2) is 7.86. The molecule has 1 N–H and O–H groups in total. The van der Waals surface area contributed by atoms with Crippen LogP contribution in [0.3, 0.4) is 0 Å². The second-order valence-corrected chi connectivity index (χ2v) is 2.46. The monoisotopic (exact) mass is 166 g/mol. The zero-order valence-electron chi connectivity index (χ0n) is 8.22. The molecular formula is C11H18O. The number of aliphatic hydroxyl groups is 1. The molecule has 0 saturated carbocycles. The lowest BCUT2D eigenvalue weighted by Crippen LogP contribution is -1.73. The van der Waals surface area contributed by atoms with E-state index in [4.69, 9.17) is 5.11 Å². The fraction of sp³-hybridized carbons (Fsp3) is 0.273. The van der Waals surface area contributed by atoms with Gasteiger partial charge in [0.1, 0.15) is 5.76 Å². The summed E-state index contributed by atoms with van der Waals surface area (Å²) in [5.41, 5.74) is 1.85. The summed E-state index contributed by atoms with van der Waals surface area (Å²) in [4.78, 5) is 0. The minimum atomic E-state index is 0.0648. The fourth-order valence-corrected chi connectivity index (χ4v) is 0.118. The third kappa shape index (κ3) is 11.5. The first kappa shape index (κ1) is 13.4. The van der Waals surface area contributed by atoms with Gasteiger partial charge in [-0.05, 0) is 26.3 Å². The van der Waals surface area contributed by atoms with Crippen LogP contribution in [-0.2, 0) is 0 Å². The predicted octanol–water partition coefficient (Wildman–Crippen LogP) is 3.77. The summed E-state index contributed by atoms with van der Waals surface area (Å²) in [5.74, 6) is 0.0648. The Morgan fingerprint density at radius 1 is 1.25 bits per heavy atom. The summed E-state index contributed by atoms with van der Waals surface area (Å²) >= 11 is 0. The van der Waals surface area contributed by atoms with Gasteiger partial charge in [0.15, 0.2) is 0 Å². The van der Waals surface area contributed by atoms with Crippen molar-refractivity contribution in [2.24, 2.45) is 0 Å². The highest BCUT2D eigenvalue weighted by Gasteiger charge is 1.80. The standard InChI is InChI=1S/C6H10.C5H8O/c1-4-6(3)5-2;1-4(2)5(3)6/h4-5H,1H2,2-3H3;6H,1,3H2,2H3/b6-5+;. The number of rotatable bonds is 2. The lowest BCUT2D eigenvalue weighted by Gasteiger charge is -1.87. The summed E-state index contributed by atoms with van der Waals surface area (Å²) in [6, 6.07) is 0. The van der Waals surface area contributed by atoms with Gasteiger partial charge < -0.3 is 5.11 Å². The quantitative estimate of drug-likeness (QED) is 0.489. The maximum atomic E-state index is 8.34. The molecule has 0 aliphatic heterocycles. The first-order valence-electron chi connectivity index (χ1n) is 3.74. The Morgan fingerprint density at radius 3 is 1.58 bits per heavy atom. The van der Waals surface area contributed by atoms with Crippen molar-refractivity contribution in [1.82, 2.24) is 0 Å². The van der Waals surface area contributed by atoms with Crippen molar-refractivity contribution >= 4 is 0 Å². The van der Waals surface area contributed by atoms with Crippen LogP contribution < -0.4 is 0 Å². The molecule has 0 aliphatic carbocycles. The molecule has 0 spiro atoms. The Bertz CT molecular complexity index is 185. The van der Waals surface area contributed by atoms with Gasteiger partial charge in [-0.25, -0.2) is 0 Å². The van der Waals surface area contributed by atoms with Crippen LogP contribution in [0, 0.1) is 0 Å². The lowest BCUT2D eigenvalue weighted by molar-refractivity contribution is 0.427. The molecule has 1 heteroatoms. The molecule has 0 atom stereocenters. The van der Waals surface area contributed by atoms with E-state index in [1.165, 1.54) is 5.57 Å². The molecule has 0 aromatic heterocycles. The van der Waals surface area contributed by atoms with E-state index in [0.717, 1.165) is 0 Å². The van der Waals surface area contributed by atoms with Crippen molar-refractivity contribution in [3.8, 4) is 0 Å². The third-order valence-corrected chi connectivity index (χ3v) is 1.27. The van der Waals surface area contributed by atoms with Gasteiger partial charge in [0.2, 0.25) is 0 Å². The fourth-order valence-electron chi connectivity index (χ4n) is 0.118. The predicted molar refractivity (Wildman–Crippen MR) is 56.2 cm³/mol. The van der Waals surface area contributed by atoms with E-state index in [-0.39, 0.29) is 5.76 Å². The van der Waals surface area contributed by atoms with Gasteiger partial charge in [-0.15, -0.1) is 0 Å². The Labute approximate surface area is 75.4 Å². The molecule has 0 amide bonds.